The van der Waals surface area contributed by atoms with Gasteiger partial charge in [-0.2, -0.15) is 0 Å². The quantitative estimate of drug-likeness (QED) is 0.171. The van der Waals surface area contributed by atoms with E-state index >= 15 is 0 Å². The molecular weight excluding hydrogens is 398 g/mol. The fourth-order valence-corrected chi connectivity index (χ4v) is 6.60. The summed E-state index contributed by atoms with van der Waals surface area (Å²) in [6.45, 7) is 23.3. The van der Waals surface area contributed by atoms with Crippen LogP contribution in [0.1, 0.15) is 87.5 Å². The van der Waals surface area contributed by atoms with E-state index < -0.39 is 8.32 Å². The van der Waals surface area contributed by atoms with Gasteiger partial charge in [0.1, 0.15) is 7.11 Å². The molecule has 0 aromatic heterocycles. The third-order valence-corrected chi connectivity index (χ3v) is 12.7. The number of hydrogen-bond donors (Lipinski definition) is 0. The lowest BCUT2D eigenvalue weighted by Crippen LogP contribution is -2.49. The van der Waals surface area contributed by atoms with Gasteiger partial charge >= 0.3 is 0 Å². The average molecular weight is 448 g/mol. The first-order valence-electron chi connectivity index (χ1n) is 12.3. The topological polar surface area (TPSA) is 30.8 Å². The van der Waals surface area contributed by atoms with Gasteiger partial charge in [0.15, 0.2) is 8.32 Å². The van der Waals surface area contributed by atoms with Crippen LogP contribution < -0.4 is 0 Å². The van der Waals surface area contributed by atoms with Crippen molar-refractivity contribution in [3.05, 3.63) is 23.8 Å². The number of oxime groups is 1. The summed E-state index contributed by atoms with van der Waals surface area (Å²) in [4.78, 5) is 5.06. The Morgan fingerprint density at radius 2 is 1.90 bits per heavy atom. The summed E-state index contributed by atoms with van der Waals surface area (Å²) in [5.74, 6) is 1.18. The lowest BCUT2D eigenvalue weighted by Gasteiger charge is -2.49. The molecular formula is C27H49NO2Si. The number of rotatable bonds is 7. The smallest absolute Gasteiger partial charge is 0.192 e. The van der Waals surface area contributed by atoms with Crippen LogP contribution in [0.25, 0.3) is 0 Å². The van der Waals surface area contributed by atoms with Crippen molar-refractivity contribution in [3.63, 3.8) is 0 Å². The first-order chi connectivity index (χ1) is 14.1. The van der Waals surface area contributed by atoms with Gasteiger partial charge in [-0.3, -0.25) is 0 Å². The summed E-state index contributed by atoms with van der Waals surface area (Å²) in [6.07, 6.45) is 13.4. The van der Waals surface area contributed by atoms with Crippen LogP contribution in [-0.4, -0.2) is 27.2 Å². The minimum absolute atomic E-state index is 0.0167. The Hall–Kier alpha value is -0.873. The number of nitrogens with zero attached hydrogens (tertiary/aromatic N) is 1. The van der Waals surface area contributed by atoms with Crippen LogP contribution >= 0.6 is 0 Å². The first-order valence-corrected chi connectivity index (χ1v) is 15.2. The Bertz CT molecular complexity index is 708. The van der Waals surface area contributed by atoms with Gasteiger partial charge in [0.25, 0.3) is 0 Å². The highest BCUT2D eigenvalue weighted by atomic mass is 28.4. The van der Waals surface area contributed by atoms with Crippen molar-refractivity contribution < 1.29 is 9.26 Å². The molecule has 0 amide bonds. The molecule has 0 N–H and O–H groups in total. The molecule has 0 radical (unpaired) electrons. The molecule has 0 saturated heterocycles. The first kappa shape index (κ1) is 26.4. The molecule has 1 fully saturated rings. The van der Waals surface area contributed by atoms with E-state index in [0.717, 1.165) is 12.1 Å². The lowest BCUT2D eigenvalue weighted by molar-refractivity contribution is 0.0162. The average Bonchev–Trinajstić information content (AvgIpc) is 2.97. The van der Waals surface area contributed by atoms with Crippen molar-refractivity contribution in [2.45, 2.75) is 112 Å². The van der Waals surface area contributed by atoms with E-state index in [1.165, 1.54) is 25.7 Å². The Balaban J connectivity index is 2.11. The molecule has 0 bridgehead atoms. The van der Waals surface area contributed by atoms with Crippen LogP contribution in [-0.2, 0) is 9.26 Å². The molecule has 0 heterocycles. The second kappa shape index (κ2) is 9.55. The summed E-state index contributed by atoms with van der Waals surface area (Å²) in [7, 11) is -0.130. The predicted octanol–water partition coefficient (Wildman–Crippen LogP) is 8.14. The zero-order chi connectivity index (χ0) is 23.7. The fourth-order valence-electron chi connectivity index (χ4n) is 5.21. The molecule has 0 aliphatic heterocycles. The van der Waals surface area contributed by atoms with E-state index in [1.807, 2.05) is 0 Å². The third-order valence-electron chi connectivity index (χ3n) is 8.21. The number of fused-ring (bicyclic) bond motifs is 1. The second-order valence-corrected chi connectivity index (χ2v) is 17.4. The normalized spacial score (nSPS) is 29.1. The summed E-state index contributed by atoms with van der Waals surface area (Å²) in [5.41, 5.74) is 2.92. The summed E-state index contributed by atoms with van der Waals surface area (Å²) in [5, 5.41) is 4.50. The zero-order valence-electron chi connectivity index (χ0n) is 22.3. The van der Waals surface area contributed by atoms with Crippen molar-refractivity contribution >= 4 is 14.0 Å². The van der Waals surface area contributed by atoms with E-state index in [4.69, 9.17) is 9.26 Å². The minimum atomic E-state index is -1.75. The summed E-state index contributed by atoms with van der Waals surface area (Å²) < 4.78 is 6.99. The van der Waals surface area contributed by atoms with Gasteiger partial charge in [0.05, 0.1) is 5.71 Å². The largest absolute Gasteiger partial charge is 0.414 e. The molecule has 1 saturated carbocycles. The van der Waals surface area contributed by atoms with Gasteiger partial charge < -0.3 is 9.26 Å². The molecule has 4 heteroatoms. The van der Waals surface area contributed by atoms with Gasteiger partial charge in [-0.1, -0.05) is 84.7 Å². The maximum atomic E-state index is 6.99. The van der Waals surface area contributed by atoms with E-state index in [0.29, 0.717) is 17.9 Å². The van der Waals surface area contributed by atoms with Crippen LogP contribution in [0.4, 0.5) is 0 Å². The van der Waals surface area contributed by atoms with Gasteiger partial charge in [0, 0.05) is 11.5 Å². The molecule has 4 atom stereocenters. The summed E-state index contributed by atoms with van der Waals surface area (Å²) in [6, 6.07) is 0. The monoisotopic (exact) mass is 447 g/mol. The Morgan fingerprint density at radius 3 is 2.45 bits per heavy atom. The molecule has 0 aromatic carbocycles. The molecule has 0 aromatic rings. The standard InChI is InChI=1S/C27H49NO2Si/c1-20(14-12-16-24(28-29-9)25(2,3)4)21-17-18-22-23(15-13-19-27(21,22)8)30-31(10,11)26(5,6)7/h12,16-17,20,22-23H,13-15,18-19H2,1-11H3/b16-12+,28-24?. The Morgan fingerprint density at radius 1 is 1.26 bits per heavy atom. The van der Waals surface area contributed by atoms with E-state index in [-0.39, 0.29) is 15.9 Å². The van der Waals surface area contributed by atoms with Crippen LogP contribution in [0.5, 0.6) is 0 Å². The van der Waals surface area contributed by atoms with Crippen molar-refractivity contribution in [2.24, 2.45) is 27.8 Å². The minimum Gasteiger partial charge on any atom is -0.414 e. The number of hydrogen-bond acceptors (Lipinski definition) is 3. The van der Waals surface area contributed by atoms with Crippen molar-refractivity contribution in [1.82, 2.24) is 0 Å². The van der Waals surface area contributed by atoms with Gasteiger partial charge in [-0.25, -0.2) is 0 Å². The van der Waals surface area contributed by atoms with Crippen molar-refractivity contribution in [3.8, 4) is 0 Å². The highest BCUT2D eigenvalue weighted by molar-refractivity contribution is 6.74. The molecule has 4 unspecified atom stereocenters. The van der Waals surface area contributed by atoms with Crippen LogP contribution in [0.2, 0.25) is 18.1 Å². The maximum absolute atomic E-state index is 6.99. The highest BCUT2D eigenvalue weighted by Gasteiger charge is 2.51. The molecule has 3 nitrogen and oxygen atoms in total. The van der Waals surface area contributed by atoms with E-state index in [1.54, 1.807) is 12.7 Å². The van der Waals surface area contributed by atoms with E-state index in [2.05, 4.69) is 91.9 Å². The SMILES string of the molecule is CON=C(/C=C/CC(C)C1=CCC2C(O[Si](C)(C)C(C)(C)C)CCCC12C)C(C)(C)C. The molecule has 178 valence electrons. The van der Waals surface area contributed by atoms with Gasteiger partial charge in [-0.05, 0) is 67.1 Å². The van der Waals surface area contributed by atoms with E-state index in [9.17, 15) is 0 Å². The highest BCUT2D eigenvalue weighted by Crippen LogP contribution is 2.56. The van der Waals surface area contributed by atoms with Gasteiger partial charge in [-0.15, -0.1) is 0 Å². The fraction of sp³-hybridized carbons (Fsp3) is 0.815. The van der Waals surface area contributed by atoms with Crippen molar-refractivity contribution in [2.75, 3.05) is 7.11 Å². The van der Waals surface area contributed by atoms with Crippen LogP contribution in [0.15, 0.2) is 29.0 Å². The predicted molar refractivity (Wildman–Crippen MR) is 137 cm³/mol. The zero-order valence-corrected chi connectivity index (χ0v) is 23.3. The maximum Gasteiger partial charge on any atom is 0.192 e. The Kier molecular flexibility index (Phi) is 8.12. The van der Waals surface area contributed by atoms with Gasteiger partial charge in [0.2, 0.25) is 0 Å². The Labute approximate surface area is 193 Å². The van der Waals surface area contributed by atoms with Crippen LogP contribution in [0.3, 0.4) is 0 Å². The second-order valence-electron chi connectivity index (χ2n) is 12.7. The lowest BCUT2D eigenvalue weighted by atomic mass is 9.63. The number of allylic oxidation sites excluding steroid dienone is 4. The molecule has 2 aliphatic rings. The molecule has 0 spiro atoms. The molecule has 2 rings (SSSR count). The molecule has 31 heavy (non-hydrogen) atoms. The third kappa shape index (κ3) is 5.93. The molecule has 2 aliphatic carbocycles. The van der Waals surface area contributed by atoms with Crippen molar-refractivity contribution in [1.29, 1.82) is 0 Å². The van der Waals surface area contributed by atoms with Crippen LogP contribution in [0, 0.1) is 22.7 Å². The summed E-state index contributed by atoms with van der Waals surface area (Å²) >= 11 is 0.